The van der Waals surface area contributed by atoms with Crippen molar-refractivity contribution in [3.05, 3.63) is 0 Å². The zero-order valence-corrected chi connectivity index (χ0v) is 9.31. The molecule has 0 saturated heterocycles. The fourth-order valence-electron chi connectivity index (χ4n) is 1.16. The fourth-order valence-corrected chi connectivity index (χ4v) is 1.16. The van der Waals surface area contributed by atoms with Crippen LogP contribution in [0.25, 0.3) is 0 Å². The number of methoxy groups -OCH3 is 1. The smallest absolute Gasteiger partial charge is 0.0474 e. The summed E-state index contributed by atoms with van der Waals surface area (Å²) >= 11 is 0. The average Bonchev–Trinajstić information content (AvgIpc) is 2.13. The summed E-state index contributed by atoms with van der Waals surface area (Å²) in [4.78, 5) is 2.34. The van der Waals surface area contributed by atoms with Gasteiger partial charge in [0.15, 0.2) is 0 Å². The van der Waals surface area contributed by atoms with Crippen molar-refractivity contribution in [2.24, 2.45) is 0 Å². The molecule has 0 aliphatic carbocycles. The van der Waals surface area contributed by atoms with E-state index in [2.05, 4.69) is 24.2 Å². The highest BCUT2D eigenvalue weighted by Gasteiger charge is 1.96. The van der Waals surface area contributed by atoms with Gasteiger partial charge < -0.3 is 15.0 Å². The third-order valence-electron chi connectivity index (χ3n) is 1.99. The largest absolute Gasteiger partial charge is 0.385 e. The molecular formula is C10H24N2O. The molecule has 3 nitrogen and oxygen atoms in total. The topological polar surface area (TPSA) is 24.5 Å². The Morgan fingerprint density at radius 2 is 2.00 bits per heavy atom. The molecule has 0 heterocycles. The summed E-state index contributed by atoms with van der Waals surface area (Å²) in [6, 6.07) is 0. The minimum Gasteiger partial charge on any atom is -0.385 e. The van der Waals surface area contributed by atoms with Crippen molar-refractivity contribution in [1.82, 2.24) is 10.2 Å². The highest BCUT2D eigenvalue weighted by Crippen LogP contribution is 1.86. The van der Waals surface area contributed by atoms with Gasteiger partial charge in [-0.1, -0.05) is 6.92 Å². The van der Waals surface area contributed by atoms with Gasteiger partial charge in [-0.05, 0) is 26.4 Å². The van der Waals surface area contributed by atoms with Crippen LogP contribution in [0.1, 0.15) is 19.8 Å². The second kappa shape index (κ2) is 9.96. The lowest BCUT2D eigenvalue weighted by Crippen LogP contribution is -2.30. The van der Waals surface area contributed by atoms with Gasteiger partial charge in [-0.3, -0.25) is 0 Å². The van der Waals surface area contributed by atoms with Crippen molar-refractivity contribution < 1.29 is 4.74 Å². The Kier molecular flexibility index (Phi) is 9.87. The molecule has 0 atom stereocenters. The monoisotopic (exact) mass is 188 g/mol. The maximum absolute atomic E-state index is 4.99. The number of rotatable bonds is 9. The van der Waals surface area contributed by atoms with Crippen molar-refractivity contribution in [2.45, 2.75) is 19.8 Å². The zero-order valence-electron chi connectivity index (χ0n) is 9.31. The molecule has 0 fully saturated rings. The lowest BCUT2D eigenvalue weighted by molar-refractivity contribution is 0.179. The predicted molar refractivity (Wildman–Crippen MR) is 57.2 cm³/mol. The minimum absolute atomic E-state index is 0.868. The van der Waals surface area contributed by atoms with Crippen LogP contribution in [0.2, 0.25) is 0 Å². The number of likely N-dealkylation sites (N-methyl/N-ethyl adjacent to an activating group) is 1. The highest BCUT2D eigenvalue weighted by molar-refractivity contribution is 4.54. The molecular weight excluding hydrogens is 164 g/mol. The van der Waals surface area contributed by atoms with Crippen molar-refractivity contribution >= 4 is 0 Å². The normalized spacial score (nSPS) is 11.1. The summed E-state index contributed by atoms with van der Waals surface area (Å²) in [5.41, 5.74) is 0. The predicted octanol–water partition coefficient (Wildman–Crippen LogP) is 0.954. The molecule has 0 aromatic rings. The zero-order chi connectivity index (χ0) is 9.94. The molecule has 0 aromatic heterocycles. The summed E-state index contributed by atoms with van der Waals surface area (Å²) in [6.07, 6.45) is 2.34. The van der Waals surface area contributed by atoms with E-state index in [1.165, 1.54) is 6.42 Å². The number of hydrogen-bond acceptors (Lipinski definition) is 3. The maximum atomic E-state index is 4.99. The van der Waals surface area contributed by atoms with Crippen molar-refractivity contribution in [3.8, 4) is 0 Å². The lowest BCUT2D eigenvalue weighted by Gasteiger charge is -2.16. The van der Waals surface area contributed by atoms with E-state index in [0.29, 0.717) is 0 Å². The van der Waals surface area contributed by atoms with Gasteiger partial charge in [-0.15, -0.1) is 0 Å². The summed E-state index contributed by atoms with van der Waals surface area (Å²) in [6.45, 7) is 7.54. The second-order valence-electron chi connectivity index (χ2n) is 3.40. The van der Waals surface area contributed by atoms with Gasteiger partial charge in [-0.25, -0.2) is 0 Å². The number of nitrogens with one attached hydrogen (secondary N) is 1. The van der Waals surface area contributed by atoms with Crippen LogP contribution in [0, 0.1) is 0 Å². The molecule has 0 saturated carbocycles. The van der Waals surface area contributed by atoms with Gasteiger partial charge in [-0.2, -0.15) is 0 Å². The first-order chi connectivity index (χ1) is 6.31. The molecule has 3 heteroatoms. The Hall–Kier alpha value is -0.120. The average molecular weight is 188 g/mol. The van der Waals surface area contributed by atoms with Gasteiger partial charge in [0.2, 0.25) is 0 Å². The Bertz CT molecular complexity index is 98.9. The van der Waals surface area contributed by atoms with E-state index in [4.69, 9.17) is 4.74 Å². The Morgan fingerprint density at radius 3 is 2.62 bits per heavy atom. The third kappa shape index (κ3) is 9.80. The molecule has 0 amide bonds. The van der Waals surface area contributed by atoms with Crippen LogP contribution >= 0.6 is 0 Å². The van der Waals surface area contributed by atoms with Crippen LogP contribution < -0.4 is 5.32 Å². The molecule has 0 radical (unpaired) electrons. The van der Waals surface area contributed by atoms with Crippen molar-refractivity contribution in [2.75, 3.05) is 46.9 Å². The van der Waals surface area contributed by atoms with Crippen molar-refractivity contribution in [1.29, 1.82) is 0 Å². The van der Waals surface area contributed by atoms with E-state index >= 15 is 0 Å². The van der Waals surface area contributed by atoms with E-state index in [-0.39, 0.29) is 0 Å². The van der Waals surface area contributed by atoms with Gasteiger partial charge >= 0.3 is 0 Å². The summed E-state index contributed by atoms with van der Waals surface area (Å²) in [7, 11) is 3.91. The quantitative estimate of drug-likeness (QED) is 0.545. The highest BCUT2D eigenvalue weighted by atomic mass is 16.5. The van der Waals surface area contributed by atoms with Gasteiger partial charge in [0.05, 0.1) is 0 Å². The first kappa shape index (κ1) is 12.9. The van der Waals surface area contributed by atoms with Crippen LogP contribution in [0.5, 0.6) is 0 Å². The molecule has 0 rings (SSSR count). The summed E-state index contributed by atoms with van der Waals surface area (Å²) < 4.78 is 4.99. The second-order valence-corrected chi connectivity index (χ2v) is 3.40. The van der Waals surface area contributed by atoms with Gasteiger partial charge in [0.25, 0.3) is 0 Å². The van der Waals surface area contributed by atoms with Crippen LogP contribution in [-0.2, 0) is 4.74 Å². The SMILES string of the molecule is CCCNCCN(C)CCCOC. The third-order valence-corrected chi connectivity index (χ3v) is 1.99. The molecule has 80 valence electrons. The van der Waals surface area contributed by atoms with Crippen LogP contribution in [0.3, 0.4) is 0 Å². The van der Waals surface area contributed by atoms with E-state index < -0.39 is 0 Å². The van der Waals surface area contributed by atoms with Gasteiger partial charge in [0.1, 0.15) is 0 Å². The molecule has 0 unspecified atom stereocenters. The minimum atomic E-state index is 0.868. The fraction of sp³-hybridized carbons (Fsp3) is 1.00. The standard InChI is InChI=1S/C10H24N2O/c1-4-6-11-7-9-12(2)8-5-10-13-3/h11H,4-10H2,1-3H3. The van der Waals surface area contributed by atoms with Gasteiger partial charge in [0, 0.05) is 33.4 Å². The maximum Gasteiger partial charge on any atom is 0.0474 e. The van der Waals surface area contributed by atoms with E-state index in [1.807, 2.05) is 0 Å². The number of ether oxygens (including phenoxy) is 1. The molecule has 0 bridgehead atoms. The lowest BCUT2D eigenvalue weighted by atomic mass is 10.4. The van der Waals surface area contributed by atoms with Crippen LogP contribution in [0.15, 0.2) is 0 Å². The molecule has 1 N–H and O–H groups in total. The van der Waals surface area contributed by atoms with Crippen LogP contribution in [-0.4, -0.2) is 51.8 Å². The Balaban J connectivity index is 3.05. The molecule has 0 aromatic carbocycles. The van der Waals surface area contributed by atoms with Crippen molar-refractivity contribution in [3.63, 3.8) is 0 Å². The van der Waals surface area contributed by atoms with E-state index in [0.717, 1.165) is 39.2 Å². The van der Waals surface area contributed by atoms with E-state index in [9.17, 15) is 0 Å². The Morgan fingerprint density at radius 1 is 1.23 bits per heavy atom. The Labute approximate surface area is 82.4 Å². The first-order valence-corrected chi connectivity index (χ1v) is 5.19. The first-order valence-electron chi connectivity index (χ1n) is 5.19. The molecule has 0 aliphatic heterocycles. The number of hydrogen-bond donors (Lipinski definition) is 1. The van der Waals surface area contributed by atoms with Crippen LogP contribution in [0.4, 0.5) is 0 Å². The molecule has 0 spiro atoms. The summed E-state index contributed by atoms with van der Waals surface area (Å²) in [5, 5.41) is 3.38. The number of nitrogens with zero attached hydrogens (tertiary/aromatic N) is 1. The molecule has 0 aliphatic rings. The van der Waals surface area contributed by atoms with E-state index in [1.54, 1.807) is 7.11 Å². The molecule has 13 heavy (non-hydrogen) atoms. The summed E-state index contributed by atoms with van der Waals surface area (Å²) in [5.74, 6) is 0.